The molecule has 2 saturated heterocycles. The maximum absolute atomic E-state index is 12.5. The van der Waals surface area contributed by atoms with Crippen LogP contribution in [0.1, 0.15) is 19.3 Å². The minimum absolute atomic E-state index is 0.0556. The van der Waals surface area contributed by atoms with Gasteiger partial charge in [-0.3, -0.25) is 4.79 Å². The van der Waals surface area contributed by atoms with Crippen LogP contribution in [0.25, 0.3) is 0 Å². The first-order valence-electron chi connectivity index (χ1n) is 6.44. The van der Waals surface area contributed by atoms with Crippen LogP contribution in [0.4, 0.5) is 13.2 Å². The Labute approximate surface area is 109 Å². The number of halogens is 3. The smallest absolute Gasteiger partial charge is 0.391 e. The molecule has 0 saturated carbocycles. The van der Waals surface area contributed by atoms with Crippen molar-refractivity contribution in [3.8, 4) is 0 Å². The van der Waals surface area contributed by atoms with E-state index < -0.39 is 23.5 Å². The minimum atomic E-state index is -4.13. The molecule has 19 heavy (non-hydrogen) atoms. The lowest BCUT2D eigenvalue weighted by Crippen LogP contribution is -2.47. The van der Waals surface area contributed by atoms with Crippen LogP contribution in [0, 0.1) is 11.3 Å². The fourth-order valence-corrected chi connectivity index (χ4v) is 2.81. The molecule has 0 bridgehead atoms. The molecule has 2 aliphatic heterocycles. The molecule has 0 aromatic heterocycles. The lowest BCUT2D eigenvalue weighted by atomic mass is 9.85. The van der Waals surface area contributed by atoms with Crippen molar-refractivity contribution in [3.63, 3.8) is 0 Å². The zero-order valence-electron chi connectivity index (χ0n) is 10.6. The highest BCUT2D eigenvalue weighted by Crippen LogP contribution is 2.36. The van der Waals surface area contributed by atoms with Gasteiger partial charge in [-0.1, -0.05) is 0 Å². The van der Waals surface area contributed by atoms with Gasteiger partial charge in [0.2, 0.25) is 0 Å². The normalized spacial score (nSPS) is 30.7. The monoisotopic (exact) mass is 281 g/mol. The summed E-state index contributed by atoms with van der Waals surface area (Å²) in [4.78, 5) is 13.2. The molecule has 0 radical (unpaired) electrons. The zero-order valence-corrected chi connectivity index (χ0v) is 10.6. The number of hydrogen-bond acceptors (Lipinski definition) is 3. The predicted octanol–water partition coefficient (Wildman–Crippen LogP) is 1.75. The maximum Gasteiger partial charge on any atom is 0.391 e. The molecule has 0 amide bonds. The van der Waals surface area contributed by atoms with E-state index in [-0.39, 0.29) is 26.0 Å². The van der Waals surface area contributed by atoms with Gasteiger partial charge < -0.3 is 14.7 Å². The van der Waals surface area contributed by atoms with E-state index >= 15 is 0 Å². The Morgan fingerprint density at radius 3 is 2.42 bits per heavy atom. The second-order valence-electron chi connectivity index (χ2n) is 5.48. The van der Waals surface area contributed by atoms with E-state index in [0.717, 1.165) is 0 Å². The van der Waals surface area contributed by atoms with Crippen molar-refractivity contribution in [2.75, 3.05) is 32.8 Å². The molecule has 7 heteroatoms. The summed E-state index contributed by atoms with van der Waals surface area (Å²) in [7, 11) is 0. The lowest BCUT2D eigenvalue weighted by Gasteiger charge is -2.36. The van der Waals surface area contributed by atoms with Crippen molar-refractivity contribution >= 4 is 5.97 Å². The van der Waals surface area contributed by atoms with Crippen molar-refractivity contribution in [1.29, 1.82) is 0 Å². The van der Waals surface area contributed by atoms with Crippen molar-refractivity contribution in [1.82, 2.24) is 4.90 Å². The van der Waals surface area contributed by atoms with Gasteiger partial charge in [-0.2, -0.15) is 13.2 Å². The second kappa shape index (κ2) is 5.28. The van der Waals surface area contributed by atoms with Crippen LogP contribution < -0.4 is 0 Å². The molecule has 2 rings (SSSR count). The summed E-state index contributed by atoms with van der Waals surface area (Å²) in [6, 6.07) is 0. The fourth-order valence-electron chi connectivity index (χ4n) is 2.81. The van der Waals surface area contributed by atoms with Crippen LogP contribution in [-0.4, -0.2) is 55.0 Å². The largest absolute Gasteiger partial charge is 0.481 e. The summed E-state index contributed by atoms with van der Waals surface area (Å²) in [6.45, 7) is 1.46. The van der Waals surface area contributed by atoms with Gasteiger partial charge >= 0.3 is 12.1 Å². The van der Waals surface area contributed by atoms with E-state index in [2.05, 4.69) is 0 Å². The van der Waals surface area contributed by atoms with Crippen LogP contribution in [0.5, 0.6) is 0 Å². The third-order valence-corrected chi connectivity index (χ3v) is 4.13. The average molecular weight is 281 g/mol. The number of alkyl halides is 3. The SMILES string of the molecule is O=C(O)C1(CN2CCC(C(F)(F)F)CC2)CCOC1. The first-order chi connectivity index (χ1) is 8.83. The Morgan fingerprint density at radius 1 is 1.37 bits per heavy atom. The minimum Gasteiger partial charge on any atom is -0.481 e. The number of piperidine rings is 1. The zero-order chi connectivity index (χ0) is 14.1. The number of ether oxygens (including phenoxy) is 1. The second-order valence-corrected chi connectivity index (χ2v) is 5.48. The quantitative estimate of drug-likeness (QED) is 0.856. The summed E-state index contributed by atoms with van der Waals surface area (Å²) in [5, 5.41) is 9.29. The summed E-state index contributed by atoms with van der Waals surface area (Å²) in [6.07, 6.45) is -3.59. The third kappa shape index (κ3) is 3.20. The van der Waals surface area contributed by atoms with Gasteiger partial charge in [-0.15, -0.1) is 0 Å². The van der Waals surface area contributed by atoms with Gasteiger partial charge in [-0.05, 0) is 32.4 Å². The Balaban J connectivity index is 1.90. The van der Waals surface area contributed by atoms with E-state index in [4.69, 9.17) is 4.74 Å². The highest BCUT2D eigenvalue weighted by molar-refractivity contribution is 5.75. The van der Waals surface area contributed by atoms with Gasteiger partial charge in [0, 0.05) is 13.2 Å². The summed E-state index contributed by atoms with van der Waals surface area (Å²) in [5.74, 6) is -2.16. The highest BCUT2D eigenvalue weighted by Gasteiger charge is 2.46. The first-order valence-corrected chi connectivity index (χ1v) is 6.44. The van der Waals surface area contributed by atoms with E-state index in [1.54, 1.807) is 0 Å². The Morgan fingerprint density at radius 2 is 2.00 bits per heavy atom. The molecule has 1 atom stereocenters. The van der Waals surface area contributed by atoms with Crippen molar-refractivity contribution in [3.05, 3.63) is 0 Å². The summed E-state index contributed by atoms with van der Waals surface area (Å²) in [5.41, 5.74) is -0.939. The van der Waals surface area contributed by atoms with Crippen molar-refractivity contribution in [2.45, 2.75) is 25.4 Å². The van der Waals surface area contributed by atoms with E-state index in [1.807, 2.05) is 4.90 Å². The van der Waals surface area contributed by atoms with E-state index in [1.165, 1.54) is 0 Å². The predicted molar refractivity (Wildman–Crippen MR) is 60.7 cm³/mol. The van der Waals surface area contributed by atoms with Gasteiger partial charge in [0.25, 0.3) is 0 Å². The van der Waals surface area contributed by atoms with Crippen LogP contribution in [0.3, 0.4) is 0 Å². The Kier molecular flexibility index (Phi) is 4.06. The van der Waals surface area contributed by atoms with Crippen molar-refractivity contribution in [2.24, 2.45) is 11.3 Å². The molecule has 4 nitrogen and oxygen atoms in total. The third-order valence-electron chi connectivity index (χ3n) is 4.13. The molecule has 2 fully saturated rings. The number of carboxylic acid groups (broad SMARTS) is 1. The molecular weight excluding hydrogens is 263 g/mol. The number of rotatable bonds is 3. The van der Waals surface area contributed by atoms with Gasteiger partial charge in [0.15, 0.2) is 0 Å². The van der Waals surface area contributed by atoms with Gasteiger partial charge in [0.05, 0.1) is 12.5 Å². The fraction of sp³-hybridized carbons (Fsp3) is 0.917. The average Bonchev–Trinajstić information content (AvgIpc) is 2.78. The molecule has 0 spiro atoms. The molecule has 1 unspecified atom stereocenters. The number of carbonyl (C=O) groups is 1. The number of likely N-dealkylation sites (tertiary alicyclic amines) is 1. The lowest BCUT2D eigenvalue weighted by molar-refractivity contribution is -0.186. The number of hydrogen-bond donors (Lipinski definition) is 1. The van der Waals surface area contributed by atoms with Gasteiger partial charge in [0.1, 0.15) is 5.41 Å². The molecule has 110 valence electrons. The molecule has 1 N–H and O–H groups in total. The Bertz CT molecular complexity index is 332. The number of aliphatic carboxylic acids is 1. The van der Waals surface area contributed by atoms with Crippen LogP contribution >= 0.6 is 0 Å². The molecule has 0 aromatic carbocycles. The van der Waals surface area contributed by atoms with E-state index in [0.29, 0.717) is 26.1 Å². The molecule has 2 aliphatic rings. The summed E-state index contributed by atoms with van der Waals surface area (Å²) >= 11 is 0. The van der Waals surface area contributed by atoms with Crippen LogP contribution in [0.2, 0.25) is 0 Å². The number of nitrogens with zero attached hydrogens (tertiary/aromatic N) is 1. The molecule has 0 aliphatic carbocycles. The molecule has 0 aromatic rings. The van der Waals surface area contributed by atoms with E-state index in [9.17, 15) is 23.1 Å². The highest BCUT2D eigenvalue weighted by atomic mass is 19.4. The van der Waals surface area contributed by atoms with Crippen LogP contribution in [0.15, 0.2) is 0 Å². The first kappa shape index (κ1) is 14.6. The van der Waals surface area contributed by atoms with Crippen LogP contribution in [-0.2, 0) is 9.53 Å². The van der Waals surface area contributed by atoms with Gasteiger partial charge in [-0.25, -0.2) is 0 Å². The number of carboxylic acids is 1. The molecular formula is C12H18F3NO3. The Hall–Kier alpha value is -0.820. The maximum atomic E-state index is 12.5. The van der Waals surface area contributed by atoms with Crippen molar-refractivity contribution < 1.29 is 27.8 Å². The molecule has 2 heterocycles. The standard InChI is InChI=1S/C12H18F3NO3/c13-12(14,15)9-1-4-16(5-2-9)7-11(10(17)18)3-6-19-8-11/h9H,1-8H2,(H,17,18). The topological polar surface area (TPSA) is 49.8 Å². The summed E-state index contributed by atoms with van der Waals surface area (Å²) < 4.78 is 42.8.